The van der Waals surface area contributed by atoms with Gasteiger partial charge >= 0.3 is 0 Å². The zero-order chi connectivity index (χ0) is 11.5. The molecule has 0 radical (unpaired) electrons. The van der Waals surface area contributed by atoms with Gasteiger partial charge in [0.15, 0.2) is 0 Å². The number of piperidine rings is 1. The topological polar surface area (TPSA) is 38.5 Å². The smallest absolute Gasteiger partial charge is 0.0618 e. The Morgan fingerprint density at radius 1 is 1.33 bits per heavy atom. The Morgan fingerprint density at radius 2 is 1.87 bits per heavy atom. The summed E-state index contributed by atoms with van der Waals surface area (Å²) in [5.41, 5.74) is 5.97. The van der Waals surface area contributed by atoms with Crippen molar-refractivity contribution in [3.8, 4) is 0 Å². The summed E-state index contributed by atoms with van der Waals surface area (Å²) in [5, 5.41) is 0. The molecule has 2 N–H and O–H groups in total. The molecular weight excluding hydrogens is 188 g/mol. The first-order valence-corrected chi connectivity index (χ1v) is 6.02. The first kappa shape index (κ1) is 12.9. The van der Waals surface area contributed by atoms with Crippen LogP contribution in [-0.4, -0.2) is 42.3 Å². The van der Waals surface area contributed by atoms with Gasteiger partial charge in [-0.15, -0.1) is 0 Å². The molecule has 1 rings (SSSR count). The molecule has 3 nitrogen and oxygen atoms in total. The predicted molar refractivity (Wildman–Crippen MR) is 63.9 cm³/mol. The molecule has 0 aliphatic carbocycles. The average Bonchev–Trinajstić information content (AvgIpc) is 2.14. The Labute approximate surface area is 94.0 Å². The van der Waals surface area contributed by atoms with Crippen molar-refractivity contribution >= 4 is 0 Å². The molecule has 1 atom stereocenters. The number of hydrogen-bond donors (Lipinski definition) is 1. The SMILES string of the molecule is C[C@H](N)COC1CCN(C(C)(C)C)CC1. The molecule has 0 aromatic heterocycles. The lowest BCUT2D eigenvalue weighted by Crippen LogP contribution is -2.47. The molecule has 0 amide bonds. The maximum atomic E-state index is 5.75. The lowest BCUT2D eigenvalue weighted by molar-refractivity contribution is -0.0161. The fourth-order valence-electron chi connectivity index (χ4n) is 1.98. The highest BCUT2D eigenvalue weighted by Gasteiger charge is 2.27. The second-order valence-corrected chi connectivity index (χ2v) is 5.67. The van der Waals surface area contributed by atoms with E-state index in [2.05, 4.69) is 25.7 Å². The summed E-state index contributed by atoms with van der Waals surface area (Å²) < 4.78 is 5.75. The van der Waals surface area contributed by atoms with E-state index in [1.54, 1.807) is 0 Å². The third kappa shape index (κ3) is 4.49. The van der Waals surface area contributed by atoms with E-state index in [0.29, 0.717) is 18.2 Å². The van der Waals surface area contributed by atoms with E-state index in [9.17, 15) is 0 Å². The summed E-state index contributed by atoms with van der Waals surface area (Å²) in [6.07, 6.45) is 2.71. The van der Waals surface area contributed by atoms with Crippen LogP contribution in [0.15, 0.2) is 0 Å². The maximum absolute atomic E-state index is 5.75. The molecule has 15 heavy (non-hydrogen) atoms. The van der Waals surface area contributed by atoms with Crippen LogP contribution in [0.2, 0.25) is 0 Å². The van der Waals surface area contributed by atoms with E-state index >= 15 is 0 Å². The van der Waals surface area contributed by atoms with E-state index in [4.69, 9.17) is 10.5 Å². The van der Waals surface area contributed by atoms with Crippen molar-refractivity contribution in [1.29, 1.82) is 0 Å². The monoisotopic (exact) mass is 214 g/mol. The highest BCUT2D eigenvalue weighted by molar-refractivity contribution is 4.82. The van der Waals surface area contributed by atoms with Crippen LogP contribution in [0.5, 0.6) is 0 Å². The zero-order valence-corrected chi connectivity index (χ0v) is 10.6. The van der Waals surface area contributed by atoms with Crippen molar-refractivity contribution in [2.75, 3.05) is 19.7 Å². The highest BCUT2D eigenvalue weighted by Crippen LogP contribution is 2.21. The van der Waals surface area contributed by atoms with E-state index < -0.39 is 0 Å². The second kappa shape index (κ2) is 5.28. The summed E-state index contributed by atoms with van der Waals surface area (Å²) >= 11 is 0. The van der Waals surface area contributed by atoms with E-state index in [1.165, 1.54) is 0 Å². The Hall–Kier alpha value is -0.120. The average molecular weight is 214 g/mol. The van der Waals surface area contributed by atoms with Crippen molar-refractivity contribution in [3.05, 3.63) is 0 Å². The van der Waals surface area contributed by atoms with Gasteiger partial charge in [0, 0.05) is 24.7 Å². The van der Waals surface area contributed by atoms with Crippen LogP contribution in [0, 0.1) is 0 Å². The van der Waals surface area contributed by atoms with Crippen LogP contribution in [-0.2, 0) is 4.74 Å². The molecule has 90 valence electrons. The Morgan fingerprint density at radius 3 is 2.27 bits per heavy atom. The lowest BCUT2D eigenvalue weighted by atomic mass is 9.99. The van der Waals surface area contributed by atoms with Crippen LogP contribution in [0.4, 0.5) is 0 Å². The van der Waals surface area contributed by atoms with Crippen molar-refractivity contribution in [1.82, 2.24) is 4.90 Å². The predicted octanol–water partition coefficient (Wildman–Crippen LogP) is 1.61. The Kier molecular flexibility index (Phi) is 4.56. The fraction of sp³-hybridized carbons (Fsp3) is 1.00. The molecule has 0 aromatic rings. The van der Waals surface area contributed by atoms with Gasteiger partial charge in [0.1, 0.15) is 0 Å². The van der Waals surface area contributed by atoms with Crippen molar-refractivity contribution in [3.63, 3.8) is 0 Å². The minimum absolute atomic E-state index is 0.158. The minimum atomic E-state index is 0.158. The molecule has 0 saturated carbocycles. The van der Waals surface area contributed by atoms with Gasteiger partial charge in [-0.2, -0.15) is 0 Å². The summed E-state index contributed by atoms with van der Waals surface area (Å²) in [6, 6.07) is 0.158. The van der Waals surface area contributed by atoms with Crippen molar-refractivity contribution in [2.24, 2.45) is 5.73 Å². The van der Waals surface area contributed by atoms with Gasteiger partial charge in [-0.25, -0.2) is 0 Å². The third-order valence-corrected chi connectivity index (χ3v) is 2.99. The first-order valence-electron chi connectivity index (χ1n) is 6.02. The molecule has 1 aliphatic heterocycles. The minimum Gasteiger partial charge on any atom is -0.377 e. The van der Waals surface area contributed by atoms with Gasteiger partial charge in [0.25, 0.3) is 0 Å². The molecule has 0 unspecified atom stereocenters. The Bertz CT molecular complexity index is 179. The highest BCUT2D eigenvalue weighted by atomic mass is 16.5. The number of rotatable bonds is 3. The summed E-state index contributed by atoms with van der Waals surface area (Å²) in [4.78, 5) is 2.53. The molecule has 1 aliphatic rings. The fourth-order valence-corrected chi connectivity index (χ4v) is 1.98. The van der Waals surface area contributed by atoms with Crippen LogP contribution in [0.25, 0.3) is 0 Å². The standard InChI is InChI=1S/C12H26N2O/c1-10(13)9-15-11-5-7-14(8-6-11)12(2,3)4/h10-11H,5-9,13H2,1-4H3/t10-/m0/s1. The molecular formula is C12H26N2O. The van der Waals surface area contributed by atoms with Crippen LogP contribution < -0.4 is 5.73 Å². The zero-order valence-electron chi connectivity index (χ0n) is 10.6. The van der Waals surface area contributed by atoms with Gasteiger partial charge in [0.05, 0.1) is 12.7 Å². The summed E-state index contributed by atoms with van der Waals surface area (Å²) in [5.74, 6) is 0. The van der Waals surface area contributed by atoms with Crippen molar-refractivity contribution in [2.45, 2.75) is 58.2 Å². The lowest BCUT2D eigenvalue weighted by Gasteiger charge is -2.40. The number of nitrogens with two attached hydrogens (primary N) is 1. The Balaban J connectivity index is 2.24. The summed E-state index contributed by atoms with van der Waals surface area (Å²) in [6.45, 7) is 11.8. The van der Waals surface area contributed by atoms with Gasteiger partial charge in [-0.05, 0) is 40.5 Å². The maximum Gasteiger partial charge on any atom is 0.0618 e. The van der Waals surface area contributed by atoms with E-state index in [-0.39, 0.29) is 6.04 Å². The van der Waals surface area contributed by atoms with Gasteiger partial charge in [0.2, 0.25) is 0 Å². The van der Waals surface area contributed by atoms with Crippen LogP contribution >= 0.6 is 0 Å². The van der Waals surface area contributed by atoms with Gasteiger partial charge < -0.3 is 10.5 Å². The molecule has 1 fully saturated rings. The third-order valence-electron chi connectivity index (χ3n) is 2.99. The van der Waals surface area contributed by atoms with E-state index in [0.717, 1.165) is 25.9 Å². The molecule has 1 heterocycles. The van der Waals surface area contributed by atoms with Gasteiger partial charge in [-0.3, -0.25) is 4.90 Å². The van der Waals surface area contributed by atoms with Crippen molar-refractivity contribution < 1.29 is 4.74 Å². The largest absolute Gasteiger partial charge is 0.377 e. The van der Waals surface area contributed by atoms with Gasteiger partial charge in [-0.1, -0.05) is 0 Å². The number of likely N-dealkylation sites (tertiary alicyclic amines) is 1. The second-order valence-electron chi connectivity index (χ2n) is 5.67. The van der Waals surface area contributed by atoms with E-state index in [1.807, 2.05) is 6.92 Å². The first-order chi connectivity index (χ1) is 6.89. The van der Waals surface area contributed by atoms with Crippen LogP contribution in [0.3, 0.4) is 0 Å². The number of ether oxygens (including phenoxy) is 1. The molecule has 3 heteroatoms. The molecule has 0 aromatic carbocycles. The molecule has 0 spiro atoms. The number of nitrogens with zero attached hydrogens (tertiary/aromatic N) is 1. The molecule has 0 bridgehead atoms. The normalized spacial score (nSPS) is 23.0. The molecule has 1 saturated heterocycles. The summed E-state index contributed by atoms with van der Waals surface area (Å²) in [7, 11) is 0. The number of hydrogen-bond acceptors (Lipinski definition) is 3. The van der Waals surface area contributed by atoms with Crippen LogP contribution in [0.1, 0.15) is 40.5 Å². The quantitative estimate of drug-likeness (QED) is 0.776.